The first-order valence-electron chi connectivity index (χ1n) is 17.0. The van der Waals surface area contributed by atoms with Crippen LogP contribution in [0.4, 0.5) is 10.1 Å². The number of aliphatic carboxylic acids is 1. The number of hydrogen-bond acceptors (Lipinski definition) is 6. The first-order valence-corrected chi connectivity index (χ1v) is 17.0. The predicted molar refractivity (Wildman–Crippen MR) is 189 cm³/mol. The number of aryl methyl sites for hydroxylation is 2. The Labute approximate surface area is 285 Å². The Kier molecular flexibility index (Phi) is 11.7. The van der Waals surface area contributed by atoms with Crippen molar-refractivity contribution in [2.45, 2.75) is 106 Å². The first-order chi connectivity index (χ1) is 22.4. The van der Waals surface area contributed by atoms with Gasteiger partial charge in [0.25, 0.3) is 0 Å². The average Bonchev–Trinajstić information content (AvgIpc) is 2.97. The summed E-state index contributed by atoms with van der Waals surface area (Å²) in [7, 11) is 0. The number of carboxylic acid groups (broad SMARTS) is 1. The zero-order valence-corrected chi connectivity index (χ0v) is 30.0. The quantitative estimate of drug-likeness (QED) is 0.246. The fourth-order valence-corrected chi connectivity index (χ4v) is 6.45. The van der Waals surface area contributed by atoms with E-state index in [1.165, 1.54) is 24.1 Å². The molecule has 3 aromatic rings. The second-order valence-corrected chi connectivity index (χ2v) is 15.2. The van der Waals surface area contributed by atoms with Crippen molar-refractivity contribution >= 4 is 17.6 Å². The lowest BCUT2D eigenvalue weighted by Gasteiger charge is -2.40. The summed E-state index contributed by atoms with van der Waals surface area (Å²) in [5.41, 5.74) is 9.40. The van der Waals surface area contributed by atoms with Crippen molar-refractivity contribution in [3.63, 3.8) is 0 Å². The molecule has 48 heavy (non-hydrogen) atoms. The van der Waals surface area contributed by atoms with Gasteiger partial charge in [0.05, 0.1) is 29.9 Å². The number of carbonyl (C=O) groups is 2. The van der Waals surface area contributed by atoms with Gasteiger partial charge in [-0.1, -0.05) is 38.1 Å². The smallest absolute Gasteiger partial charge is 0.307 e. The molecule has 3 heterocycles. The molecule has 0 aliphatic carbocycles. The summed E-state index contributed by atoms with van der Waals surface area (Å²) in [6.07, 6.45) is 2.78. The zero-order chi connectivity index (χ0) is 35.4. The van der Waals surface area contributed by atoms with Gasteiger partial charge in [-0.15, -0.1) is 0 Å². The second kappa shape index (κ2) is 15.2. The van der Waals surface area contributed by atoms with E-state index in [0.717, 1.165) is 91.2 Å². The zero-order valence-electron chi connectivity index (χ0n) is 30.0. The maximum absolute atomic E-state index is 13.6. The number of carboxylic acids is 1. The topological polar surface area (TPSA) is 106 Å². The summed E-state index contributed by atoms with van der Waals surface area (Å²) >= 11 is 0. The number of halogens is 1. The van der Waals surface area contributed by atoms with Crippen LogP contribution >= 0.6 is 0 Å². The van der Waals surface area contributed by atoms with Crippen LogP contribution in [0.25, 0.3) is 11.1 Å². The highest BCUT2D eigenvalue weighted by Gasteiger charge is 2.31. The standard InChI is InChI=1S/C35H43FN4O3.C4H10O/c1-22-16-29(36)9-8-27(22)20-39-13-10-25-17-26(6-7-28(25)21-39)33-31(19-37-24(3)41)38-23(2)30(18-32(42)43)34(33)40-14-11-35(4,5)12-15-40;1-4(2,3)5/h6-9,16-17H,10-15,18-21H2,1-5H3,(H,37,41)(H,42,43);5H,1-3H3. The molecule has 1 aromatic heterocycles. The lowest BCUT2D eigenvalue weighted by molar-refractivity contribution is -0.136. The number of fused-ring (bicyclic) bond motifs is 1. The number of nitrogens with zero attached hydrogens (tertiary/aromatic N) is 3. The third-order valence-corrected chi connectivity index (χ3v) is 9.10. The van der Waals surface area contributed by atoms with Crippen molar-refractivity contribution in [2.75, 3.05) is 24.5 Å². The number of amides is 1. The Morgan fingerprint density at radius 3 is 2.29 bits per heavy atom. The molecule has 1 fully saturated rings. The molecule has 2 aromatic carbocycles. The number of anilines is 1. The minimum absolute atomic E-state index is 0.107. The number of nitrogens with one attached hydrogen (secondary N) is 1. The number of pyridine rings is 1. The third kappa shape index (κ3) is 10.1. The molecule has 2 aliphatic rings. The molecule has 8 nitrogen and oxygen atoms in total. The summed E-state index contributed by atoms with van der Waals surface area (Å²) in [4.78, 5) is 33.7. The van der Waals surface area contributed by atoms with Gasteiger partial charge in [0.15, 0.2) is 0 Å². The van der Waals surface area contributed by atoms with E-state index in [-0.39, 0.29) is 30.1 Å². The van der Waals surface area contributed by atoms with E-state index in [9.17, 15) is 19.1 Å². The number of rotatable bonds is 8. The molecule has 0 unspecified atom stereocenters. The van der Waals surface area contributed by atoms with E-state index < -0.39 is 11.6 Å². The minimum atomic E-state index is -0.883. The largest absolute Gasteiger partial charge is 0.481 e. The molecule has 0 saturated carbocycles. The lowest BCUT2D eigenvalue weighted by atomic mass is 9.81. The maximum atomic E-state index is 13.6. The van der Waals surface area contributed by atoms with E-state index >= 15 is 0 Å². The molecule has 0 radical (unpaired) electrons. The molecule has 0 bridgehead atoms. The van der Waals surface area contributed by atoms with Gasteiger partial charge < -0.3 is 20.4 Å². The summed E-state index contributed by atoms with van der Waals surface area (Å²) in [6, 6.07) is 11.5. The summed E-state index contributed by atoms with van der Waals surface area (Å²) < 4.78 is 13.6. The Morgan fingerprint density at radius 2 is 1.69 bits per heavy atom. The van der Waals surface area contributed by atoms with Gasteiger partial charge in [0.1, 0.15) is 5.82 Å². The Balaban J connectivity index is 0.000000968. The predicted octanol–water partition coefficient (Wildman–Crippen LogP) is 6.73. The first kappa shape index (κ1) is 37.0. The van der Waals surface area contributed by atoms with E-state index in [1.807, 2.05) is 19.9 Å². The Morgan fingerprint density at radius 1 is 1.02 bits per heavy atom. The van der Waals surface area contributed by atoms with Crippen LogP contribution in [0.3, 0.4) is 0 Å². The number of aliphatic hydroxyl groups is 1. The fraction of sp³-hybridized carbons (Fsp3) is 0.513. The van der Waals surface area contributed by atoms with Crippen molar-refractivity contribution in [1.29, 1.82) is 0 Å². The van der Waals surface area contributed by atoms with Crippen molar-refractivity contribution < 1.29 is 24.2 Å². The highest BCUT2D eigenvalue weighted by molar-refractivity contribution is 5.87. The molecule has 0 spiro atoms. The molecule has 3 N–H and O–H groups in total. The Bertz CT molecular complexity index is 1630. The normalized spacial score (nSPS) is 16.1. The van der Waals surface area contributed by atoms with Gasteiger partial charge in [-0.3, -0.25) is 19.5 Å². The van der Waals surface area contributed by atoms with Crippen LogP contribution in [0.2, 0.25) is 0 Å². The highest BCUT2D eigenvalue weighted by Crippen LogP contribution is 2.42. The molecule has 9 heteroatoms. The van der Waals surface area contributed by atoms with Crippen LogP contribution in [-0.2, 0) is 42.1 Å². The molecule has 260 valence electrons. The van der Waals surface area contributed by atoms with Crippen LogP contribution in [0.5, 0.6) is 0 Å². The van der Waals surface area contributed by atoms with Crippen molar-refractivity contribution in [1.82, 2.24) is 15.2 Å². The number of piperidine rings is 1. The molecular formula is C39H53FN4O4. The second-order valence-electron chi connectivity index (χ2n) is 15.2. The van der Waals surface area contributed by atoms with E-state index in [4.69, 9.17) is 10.1 Å². The molecular weight excluding hydrogens is 607 g/mol. The van der Waals surface area contributed by atoms with Crippen molar-refractivity contribution in [3.05, 3.63) is 81.4 Å². The van der Waals surface area contributed by atoms with Crippen LogP contribution in [0.15, 0.2) is 36.4 Å². The highest BCUT2D eigenvalue weighted by atomic mass is 19.1. The molecule has 1 amide bonds. The van der Waals surface area contributed by atoms with E-state index in [1.54, 1.807) is 26.8 Å². The number of carbonyl (C=O) groups excluding carboxylic acids is 1. The van der Waals surface area contributed by atoms with Crippen molar-refractivity contribution in [3.8, 4) is 11.1 Å². The fourth-order valence-electron chi connectivity index (χ4n) is 6.45. The van der Waals surface area contributed by atoms with Gasteiger partial charge in [0, 0.05) is 56.5 Å². The monoisotopic (exact) mass is 660 g/mol. The SMILES string of the molecule is CC(=O)NCc1nc(C)c(CC(=O)O)c(N2CCC(C)(C)CC2)c1-c1ccc2c(c1)CCN(Cc1ccc(F)cc1C)C2.CC(C)(C)O. The van der Waals surface area contributed by atoms with Crippen LogP contribution in [0, 0.1) is 25.1 Å². The summed E-state index contributed by atoms with van der Waals surface area (Å²) in [6.45, 7) is 19.5. The van der Waals surface area contributed by atoms with Crippen molar-refractivity contribution in [2.24, 2.45) is 5.41 Å². The number of benzene rings is 2. The summed E-state index contributed by atoms with van der Waals surface area (Å²) in [5.74, 6) is -1.23. The lowest BCUT2D eigenvalue weighted by Crippen LogP contribution is -2.38. The van der Waals surface area contributed by atoms with Gasteiger partial charge in [-0.2, -0.15) is 0 Å². The number of aromatic nitrogens is 1. The molecule has 5 rings (SSSR count). The molecule has 2 aliphatic heterocycles. The van der Waals surface area contributed by atoms with Gasteiger partial charge in [-0.05, 0) is 99.2 Å². The number of hydrogen-bond donors (Lipinski definition) is 3. The van der Waals surface area contributed by atoms with Crippen LogP contribution < -0.4 is 10.2 Å². The third-order valence-electron chi connectivity index (χ3n) is 9.10. The van der Waals surface area contributed by atoms with E-state index in [0.29, 0.717) is 5.69 Å². The molecule has 0 atom stereocenters. The average molecular weight is 661 g/mol. The van der Waals surface area contributed by atoms with Gasteiger partial charge >= 0.3 is 5.97 Å². The van der Waals surface area contributed by atoms with Crippen LogP contribution in [-0.4, -0.2) is 57.2 Å². The van der Waals surface area contributed by atoms with Gasteiger partial charge in [0.2, 0.25) is 5.91 Å². The molecule has 1 saturated heterocycles. The minimum Gasteiger partial charge on any atom is -0.481 e. The maximum Gasteiger partial charge on any atom is 0.307 e. The Hall–Kier alpha value is -3.82. The van der Waals surface area contributed by atoms with Gasteiger partial charge in [-0.25, -0.2) is 4.39 Å². The van der Waals surface area contributed by atoms with E-state index in [2.05, 4.69) is 47.2 Å². The summed E-state index contributed by atoms with van der Waals surface area (Å²) in [5, 5.41) is 21.4. The van der Waals surface area contributed by atoms with Crippen LogP contribution in [0.1, 0.15) is 93.6 Å².